The van der Waals surface area contributed by atoms with Gasteiger partial charge in [-0.1, -0.05) is 72.9 Å². The van der Waals surface area contributed by atoms with Gasteiger partial charge in [-0.15, -0.1) is 10.2 Å². The summed E-state index contributed by atoms with van der Waals surface area (Å²) in [4.78, 5) is 11.4. The number of amides is 1. The number of carbonyl (C=O) groups is 1. The molecule has 2 heterocycles. The van der Waals surface area contributed by atoms with Crippen LogP contribution in [0.4, 0.5) is 8.78 Å². The second-order valence-corrected chi connectivity index (χ2v) is 8.67. The van der Waals surface area contributed by atoms with E-state index in [0.717, 1.165) is 25.3 Å². The maximum absolute atomic E-state index is 14.1. The van der Waals surface area contributed by atoms with Gasteiger partial charge in [0.2, 0.25) is 11.8 Å². The second-order valence-electron chi connectivity index (χ2n) is 8.67. The average molecular weight is 521 g/mol. The van der Waals surface area contributed by atoms with E-state index in [1.54, 1.807) is 24.3 Å². The first kappa shape index (κ1) is 31.9. The summed E-state index contributed by atoms with van der Waals surface area (Å²) in [6.07, 6.45) is 3.93. The SMILES string of the molecule is CC.CCC.CCCC(C)Cc1nnc(-c2cc(C(C)(F)F)nn2-c2cccc(CNC(=O)CN)c2)o1. The normalized spacial score (nSPS) is 11.6. The summed E-state index contributed by atoms with van der Waals surface area (Å²) in [5.74, 6) is -2.50. The first-order valence-corrected chi connectivity index (χ1v) is 13.0. The lowest BCUT2D eigenvalue weighted by atomic mass is 10.0. The minimum atomic E-state index is -3.15. The third kappa shape index (κ3) is 10.0. The number of nitrogens with two attached hydrogens (primary N) is 1. The van der Waals surface area contributed by atoms with Gasteiger partial charge in [0.1, 0.15) is 11.4 Å². The van der Waals surface area contributed by atoms with Crippen LogP contribution >= 0.6 is 0 Å². The van der Waals surface area contributed by atoms with Gasteiger partial charge in [-0.2, -0.15) is 13.9 Å². The number of halogens is 2. The highest BCUT2D eigenvalue weighted by Crippen LogP contribution is 2.32. The molecule has 0 radical (unpaired) electrons. The maximum atomic E-state index is 14.1. The van der Waals surface area contributed by atoms with Crippen molar-refractivity contribution in [1.82, 2.24) is 25.3 Å². The highest BCUT2D eigenvalue weighted by Gasteiger charge is 2.31. The molecule has 3 rings (SSSR count). The fourth-order valence-electron chi connectivity index (χ4n) is 3.35. The molecule has 0 spiro atoms. The van der Waals surface area contributed by atoms with E-state index in [1.807, 2.05) is 13.8 Å². The Morgan fingerprint density at radius 1 is 1.19 bits per heavy atom. The molecular weight excluding hydrogens is 478 g/mol. The molecule has 1 amide bonds. The molecule has 1 atom stereocenters. The Kier molecular flexibility index (Phi) is 13.7. The number of carbonyl (C=O) groups excluding carboxylic acids is 1. The molecular formula is C27H42F2N6O2. The molecule has 3 N–H and O–H groups in total. The van der Waals surface area contributed by atoms with Crippen LogP contribution in [-0.4, -0.2) is 32.4 Å². The van der Waals surface area contributed by atoms with Crippen LogP contribution in [0.3, 0.4) is 0 Å². The number of rotatable bonds is 10. The summed E-state index contributed by atoms with van der Waals surface area (Å²) in [5.41, 5.74) is 6.46. The number of nitrogens with one attached hydrogen (secondary N) is 1. The fourth-order valence-corrected chi connectivity index (χ4v) is 3.35. The van der Waals surface area contributed by atoms with Crippen molar-refractivity contribution >= 4 is 5.91 Å². The molecule has 10 heteroatoms. The van der Waals surface area contributed by atoms with Gasteiger partial charge in [0.25, 0.3) is 11.8 Å². The van der Waals surface area contributed by atoms with Crippen LogP contribution in [0.25, 0.3) is 17.3 Å². The minimum absolute atomic E-state index is 0.117. The number of hydrogen-bond acceptors (Lipinski definition) is 6. The van der Waals surface area contributed by atoms with E-state index in [0.29, 0.717) is 23.9 Å². The van der Waals surface area contributed by atoms with Crippen molar-refractivity contribution in [2.75, 3.05) is 6.54 Å². The number of nitrogens with zero attached hydrogens (tertiary/aromatic N) is 4. The van der Waals surface area contributed by atoms with Crippen LogP contribution in [0.15, 0.2) is 34.7 Å². The number of hydrogen-bond donors (Lipinski definition) is 2. The van der Waals surface area contributed by atoms with E-state index >= 15 is 0 Å². The summed E-state index contributed by atoms with van der Waals surface area (Å²) in [6, 6.07) is 8.28. The van der Waals surface area contributed by atoms with Crippen molar-refractivity contribution in [1.29, 1.82) is 0 Å². The molecule has 0 aliphatic carbocycles. The molecule has 206 valence electrons. The third-order valence-electron chi connectivity index (χ3n) is 4.98. The van der Waals surface area contributed by atoms with Crippen molar-refractivity contribution in [3.05, 3.63) is 47.5 Å². The number of aromatic nitrogens is 4. The zero-order chi connectivity index (χ0) is 28.0. The van der Waals surface area contributed by atoms with Crippen molar-refractivity contribution in [3.8, 4) is 17.3 Å². The van der Waals surface area contributed by atoms with Crippen molar-refractivity contribution < 1.29 is 18.0 Å². The minimum Gasteiger partial charge on any atom is -0.419 e. The first-order valence-electron chi connectivity index (χ1n) is 13.0. The monoisotopic (exact) mass is 520 g/mol. The van der Waals surface area contributed by atoms with Gasteiger partial charge in [-0.3, -0.25) is 4.79 Å². The molecule has 0 fully saturated rings. The summed E-state index contributed by atoms with van der Waals surface area (Å²) in [5, 5.41) is 15.0. The lowest BCUT2D eigenvalue weighted by molar-refractivity contribution is -0.119. The first-order chi connectivity index (χ1) is 17.6. The van der Waals surface area contributed by atoms with Crippen LogP contribution in [0.2, 0.25) is 0 Å². The summed E-state index contributed by atoms with van der Waals surface area (Å²) >= 11 is 0. The molecule has 1 unspecified atom stereocenters. The van der Waals surface area contributed by atoms with Gasteiger partial charge in [-0.25, -0.2) is 4.68 Å². The molecule has 0 bridgehead atoms. The van der Waals surface area contributed by atoms with Crippen LogP contribution in [0, 0.1) is 5.92 Å². The van der Waals surface area contributed by atoms with Crippen LogP contribution in [0.5, 0.6) is 0 Å². The van der Waals surface area contributed by atoms with Gasteiger partial charge in [0, 0.05) is 19.9 Å². The highest BCUT2D eigenvalue weighted by atomic mass is 19.3. The quantitative estimate of drug-likeness (QED) is 0.338. The fraction of sp³-hybridized carbons (Fsp3) is 0.556. The van der Waals surface area contributed by atoms with E-state index in [2.05, 4.69) is 48.3 Å². The Morgan fingerprint density at radius 2 is 1.86 bits per heavy atom. The zero-order valence-electron chi connectivity index (χ0n) is 23.1. The summed E-state index contributed by atoms with van der Waals surface area (Å²) in [6.45, 7) is 13.4. The van der Waals surface area contributed by atoms with E-state index in [1.165, 1.54) is 17.2 Å². The maximum Gasteiger partial charge on any atom is 0.288 e. The van der Waals surface area contributed by atoms with E-state index in [4.69, 9.17) is 10.2 Å². The Labute approximate surface area is 219 Å². The van der Waals surface area contributed by atoms with Gasteiger partial charge < -0.3 is 15.5 Å². The van der Waals surface area contributed by atoms with E-state index in [9.17, 15) is 13.6 Å². The standard InChI is InChI=1S/C22H28F2N6O2.C3H8.C2H6/c1-4-6-14(2)9-20-27-28-21(32-20)17-11-18(22(3,23)24)29-30(17)16-8-5-7-15(10-16)13-26-19(31)12-25;1-3-2;1-2/h5,7-8,10-11,14H,4,6,9,12-13,25H2,1-3H3,(H,26,31);3H2,1-2H3;1-2H3. The molecule has 8 nitrogen and oxygen atoms in total. The molecule has 37 heavy (non-hydrogen) atoms. The van der Waals surface area contributed by atoms with Gasteiger partial charge in [-0.05, 0) is 29.7 Å². The Bertz CT molecular complexity index is 1080. The molecule has 1 aromatic carbocycles. The Balaban J connectivity index is 0.00000127. The van der Waals surface area contributed by atoms with Crippen LogP contribution < -0.4 is 11.1 Å². The molecule has 3 aromatic rings. The molecule has 0 saturated carbocycles. The third-order valence-corrected chi connectivity index (χ3v) is 4.98. The van der Waals surface area contributed by atoms with Crippen LogP contribution in [-0.2, 0) is 23.7 Å². The van der Waals surface area contributed by atoms with Gasteiger partial charge >= 0.3 is 0 Å². The second kappa shape index (κ2) is 15.9. The molecule has 0 aliphatic heterocycles. The van der Waals surface area contributed by atoms with E-state index in [-0.39, 0.29) is 30.6 Å². The van der Waals surface area contributed by atoms with Crippen molar-refractivity contribution in [3.63, 3.8) is 0 Å². The molecule has 2 aromatic heterocycles. The smallest absolute Gasteiger partial charge is 0.288 e. The Hall–Kier alpha value is -3.14. The van der Waals surface area contributed by atoms with Crippen LogP contribution in [0.1, 0.15) is 84.9 Å². The average Bonchev–Trinajstić information content (AvgIpc) is 3.52. The predicted molar refractivity (Wildman–Crippen MR) is 142 cm³/mol. The highest BCUT2D eigenvalue weighted by molar-refractivity contribution is 5.77. The van der Waals surface area contributed by atoms with Crippen molar-refractivity contribution in [2.45, 2.75) is 86.6 Å². The Morgan fingerprint density at radius 3 is 2.46 bits per heavy atom. The summed E-state index contributed by atoms with van der Waals surface area (Å²) in [7, 11) is 0. The summed E-state index contributed by atoms with van der Waals surface area (Å²) < 4.78 is 35.3. The molecule has 0 aliphatic rings. The molecule has 0 saturated heterocycles. The number of benzene rings is 1. The lowest BCUT2D eigenvalue weighted by Crippen LogP contribution is -2.29. The number of alkyl halides is 2. The lowest BCUT2D eigenvalue weighted by Gasteiger charge is -2.09. The topological polar surface area (TPSA) is 112 Å². The van der Waals surface area contributed by atoms with Gasteiger partial charge in [0.15, 0.2) is 0 Å². The van der Waals surface area contributed by atoms with E-state index < -0.39 is 11.6 Å². The van der Waals surface area contributed by atoms with Gasteiger partial charge in [0.05, 0.1) is 12.2 Å². The van der Waals surface area contributed by atoms with Crippen molar-refractivity contribution in [2.24, 2.45) is 11.7 Å². The predicted octanol–water partition coefficient (Wildman–Crippen LogP) is 6.03. The zero-order valence-corrected chi connectivity index (χ0v) is 23.1. The largest absolute Gasteiger partial charge is 0.419 e.